The number of hydrogen-bond donors (Lipinski definition) is 2. The van der Waals surface area contributed by atoms with Gasteiger partial charge in [-0.25, -0.2) is 0 Å². The van der Waals surface area contributed by atoms with Crippen LogP contribution in [0.2, 0.25) is 0 Å². The van der Waals surface area contributed by atoms with Crippen molar-refractivity contribution in [3.05, 3.63) is 35.4 Å². The molecule has 2 rings (SSSR count). The third-order valence-electron chi connectivity index (χ3n) is 4.09. The average molecular weight is 329 g/mol. The summed E-state index contributed by atoms with van der Waals surface area (Å²) in [5.41, 5.74) is -0.140. The molecular weight excluding hydrogens is 307 g/mol. The van der Waals surface area contributed by atoms with Gasteiger partial charge < -0.3 is 10.4 Å². The predicted octanol–water partition coefficient (Wildman–Crippen LogP) is 3.33. The number of alkyl halides is 3. The topological polar surface area (TPSA) is 49.3 Å². The lowest BCUT2D eigenvalue weighted by atomic mass is 10.0. The minimum Gasteiger partial charge on any atom is -0.394 e. The lowest BCUT2D eigenvalue weighted by molar-refractivity contribution is -0.137. The van der Waals surface area contributed by atoms with Crippen LogP contribution in [-0.4, -0.2) is 23.7 Å². The molecule has 23 heavy (non-hydrogen) atoms. The van der Waals surface area contributed by atoms with Gasteiger partial charge in [0, 0.05) is 5.92 Å². The van der Waals surface area contributed by atoms with Gasteiger partial charge in [-0.3, -0.25) is 4.79 Å². The van der Waals surface area contributed by atoms with Gasteiger partial charge in [0.1, 0.15) is 0 Å². The highest BCUT2D eigenvalue weighted by Crippen LogP contribution is 2.48. The number of halogens is 3. The van der Waals surface area contributed by atoms with E-state index in [0.717, 1.165) is 12.1 Å². The van der Waals surface area contributed by atoms with Crippen molar-refractivity contribution in [2.45, 2.75) is 44.8 Å². The van der Waals surface area contributed by atoms with Crippen molar-refractivity contribution in [3.8, 4) is 0 Å². The van der Waals surface area contributed by atoms with Crippen LogP contribution in [0.15, 0.2) is 24.3 Å². The Hall–Kier alpha value is -1.56. The van der Waals surface area contributed by atoms with Crippen molar-refractivity contribution >= 4 is 5.91 Å². The standard InChI is InChI=1S/C17H22F3NO2/c1-10(2)6-13(9-22)21-16(23)15-8-14(15)11-4-3-5-12(7-11)17(18,19)20/h3-5,7,10,13-15,22H,6,8-9H2,1-2H3,(H,21,23). The number of aliphatic hydroxyl groups is 1. The van der Waals surface area contributed by atoms with E-state index in [9.17, 15) is 23.1 Å². The largest absolute Gasteiger partial charge is 0.416 e. The van der Waals surface area contributed by atoms with Gasteiger partial charge in [0.2, 0.25) is 5.91 Å². The van der Waals surface area contributed by atoms with Crippen LogP contribution < -0.4 is 5.32 Å². The summed E-state index contributed by atoms with van der Waals surface area (Å²) < 4.78 is 38.2. The molecule has 3 unspecified atom stereocenters. The van der Waals surface area contributed by atoms with Gasteiger partial charge in [-0.1, -0.05) is 32.0 Å². The van der Waals surface area contributed by atoms with E-state index in [1.165, 1.54) is 6.07 Å². The second-order valence-corrected chi connectivity index (χ2v) is 6.59. The van der Waals surface area contributed by atoms with E-state index in [2.05, 4.69) is 5.32 Å². The molecule has 0 heterocycles. The van der Waals surface area contributed by atoms with Crippen LogP contribution in [0.25, 0.3) is 0 Å². The molecule has 1 aromatic carbocycles. The van der Waals surface area contributed by atoms with Crippen molar-refractivity contribution in [3.63, 3.8) is 0 Å². The molecule has 1 fully saturated rings. The lowest BCUT2D eigenvalue weighted by Gasteiger charge is -2.18. The van der Waals surface area contributed by atoms with Crippen molar-refractivity contribution in [2.75, 3.05) is 6.61 Å². The van der Waals surface area contributed by atoms with E-state index < -0.39 is 11.7 Å². The molecule has 128 valence electrons. The first-order valence-electron chi connectivity index (χ1n) is 7.80. The zero-order chi connectivity index (χ0) is 17.2. The molecule has 1 saturated carbocycles. The summed E-state index contributed by atoms with van der Waals surface area (Å²) in [6.45, 7) is 3.86. The Kier molecular flexibility index (Phi) is 5.34. The van der Waals surface area contributed by atoms with Crippen molar-refractivity contribution in [1.29, 1.82) is 0 Å². The molecule has 0 saturated heterocycles. The highest BCUT2D eigenvalue weighted by Gasteiger charge is 2.45. The molecule has 0 spiro atoms. The number of benzene rings is 1. The monoisotopic (exact) mass is 329 g/mol. The number of nitrogens with one attached hydrogen (secondary N) is 1. The van der Waals surface area contributed by atoms with Crippen molar-refractivity contribution in [2.24, 2.45) is 11.8 Å². The van der Waals surface area contributed by atoms with Crippen LogP contribution in [0, 0.1) is 11.8 Å². The van der Waals surface area contributed by atoms with Gasteiger partial charge in [0.05, 0.1) is 18.2 Å². The number of amides is 1. The summed E-state index contributed by atoms with van der Waals surface area (Å²) in [6.07, 6.45) is -3.15. The molecule has 3 atom stereocenters. The third kappa shape index (κ3) is 4.70. The molecule has 0 aromatic heterocycles. The molecule has 0 radical (unpaired) electrons. The number of rotatable bonds is 6. The maximum Gasteiger partial charge on any atom is 0.416 e. The summed E-state index contributed by atoms with van der Waals surface area (Å²) in [7, 11) is 0. The third-order valence-corrected chi connectivity index (χ3v) is 4.09. The molecule has 1 amide bonds. The second-order valence-electron chi connectivity index (χ2n) is 6.59. The fraction of sp³-hybridized carbons (Fsp3) is 0.588. The van der Waals surface area contributed by atoms with Gasteiger partial charge in [-0.15, -0.1) is 0 Å². The highest BCUT2D eigenvalue weighted by atomic mass is 19.4. The summed E-state index contributed by atoms with van der Waals surface area (Å²) in [4.78, 5) is 12.2. The van der Waals surface area contributed by atoms with Crippen molar-refractivity contribution < 1.29 is 23.1 Å². The molecule has 6 heteroatoms. The quantitative estimate of drug-likeness (QED) is 0.841. The van der Waals surface area contributed by atoms with E-state index in [1.807, 2.05) is 13.8 Å². The SMILES string of the molecule is CC(C)CC(CO)NC(=O)C1CC1c1cccc(C(F)(F)F)c1. The maximum atomic E-state index is 12.7. The molecule has 2 N–H and O–H groups in total. The Labute approximate surface area is 133 Å². The zero-order valence-electron chi connectivity index (χ0n) is 13.2. The second kappa shape index (κ2) is 6.91. The highest BCUT2D eigenvalue weighted by molar-refractivity contribution is 5.83. The van der Waals surface area contributed by atoms with Gasteiger partial charge in [-0.2, -0.15) is 13.2 Å². The molecular formula is C17H22F3NO2. The van der Waals surface area contributed by atoms with Crippen LogP contribution >= 0.6 is 0 Å². The normalized spacial score (nSPS) is 22.0. The van der Waals surface area contributed by atoms with Crippen LogP contribution in [0.3, 0.4) is 0 Å². The maximum absolute atomic E-state index is 12.7. The minimum absolute atomic E-state index is 0.134. The van der Waals surface area contributed by atoms with Crippen LogP contribution in [0.5, 0.6) is 0 Å². The molecule has 1 aromatic rings. The molecule has 3 nitrogen and oxygen atoms in total. The summed E-state index contributed by atoms with van der Waals surface area (Å²) in [6, 6.07) is 4.86. The number of aliphatic hydroxyl groups excluding tert-OH is 1. The molecule has 1 aliphatic carbocycles. The van der Waals surface area contributed by atoms with Crippen LogP contribution in [-0.2, 0) is 11.0 Å². The first-order chi connectivity index (χ1) is 10.7. The molecule has 0 aliphatic heterocycles. The van der Waals surface area contributed by atoms with Crippen LogP contribution in [0.1, 0.15) is 43.7 Å². The van der Waals surface area contributed by atoms with Crippen molar-refractivity contribution in [1.82, 2.24) is 5.32 Å². The van der Waals surface area contributed by atoms with Gasteiger partial charge in [-0.05, 0) is 36.3 Å². The van der Waals surface area contributed by atoms with E-state index in [-0.39, 0.29) is 30.4 Å². The number of carbonyl (C=O) groups is 1. The molecule has 0 bridgehead atoms. The first kappa shape index (κ1) is 17.8. The Morgan fingerprint density at radius 3 is 2.65 bits per heavy atom. The average Bonchev–Trinajstić information content (AvgIpc) is 3.25. The van der Waals surface area contributed by atoms with Gasteiger partial charge in [0.15, 0.2) is 0 Å². The zero-order valence-corrected chi connectivity index (χ0v) is 13.2. The minimum atomic E-state index is -4.37. The fourth-order valence-electron chi connectivity index (χ4n) is 2.86. The predicted molar refractivity (Wildman–Crippen MR) is 80.8 cm³/mol. The Bertz CT molecular complexity index is 557. The first-order valence-corrected chi connectivity index (χ1v) is 7.80. The van der Waals surface area contributed by atoms with E-state index in [0.29, 0.717) is 24.3 Å². The summed E-state index contributed by atoms with van der Waals surface area (Å²) >= 11 is 0. The number of hydrogen-bond acceptors (Lipinski definition) is 2. The Morgan fingerprint density at radius 2 is 2.09 bits per heavy atom. The van der Waals surface area contributed by atoms with Gasteiger partial charge >= 0.3 is 6.18 Å². The summed E-state index contributed by atoms with van der Waals surface area (Å²) in [5, 5.41) is 12.1. The Morgan fingerprint density at radius 1 is 1.39 bits per heavy atom. The lowest BCUT2D eigenvalue weighted by Crippen LogP contribution is -2.39. The van der Waals surface area contributed by atoms with Gasteiger partial charge in [0.25, 0.3) is 0 Å². The number of carbonyl (C=O) groups excluding carboxylic acids is 1. The smallest absolute Gasteiger partial charge is 0.394 e. The van der Waals surface area contributed by atoms with E-state index in [4.69, 9.17) is 0 Å². The Balaban J connectivity index is 1.98. The fourth-order valence-corrected chi connectivity index (χ4v) is 2.86. The summed E-state index contributed by atoms with van der Waals surface area (Å²) in [5.74, 6) is -0.326. The van der Waals surface area contributed by atoms with E-state index >= 15 is 0 Å². The van der Waals surface area contributed by atoms with E-state index in [1.54, 1.807) is 6.07 Å². The van der Waals surface area contributed by atoms with Crippen LogP contribution in [0.4, 0.5) is 13.2 Å². The molecule has 1 aliphatic rings.